The minimum atomic E-state index is -0.279. The molecule has 1 fully saturated rings. The SMILES string of the molecule is CC(C)(C)/C=C(\C#N)C(=O)N1CCC[C@@H](n2nc(-c3ccc(Oc4ccccc4)cc3)c3c(N)ncnc32)C1. The van der Waals surface area contributed by atoms with Crippen LogP contribution in [0.2, 0.25) is 0 Å². The fourth-order valence-corrected chi connectivity index (χ4v) is 4.84. The van der Waals surface area contributed by atoms with E-state index in [0.717, 1.165) is 24.2 Å². The van der Waals surface area contributed by atoms with Gasteiger partial charge in [-0.25, -0.2) is 14.6 Å². The number of para-hydroxylation sites is 1. The van der Waals surface area contributed by atoms with E-state index in [0.29, 0.717) is 41.4 Å². The molecule has 0 radical (unpaired) electrons. The number of nitriles is 1. The number of ether oxygens (including phenoxy) is 1. The monoisotopic (exact) mass is 521 g/mol. The minimum Gasteiger partial charge on any atom is -0.457 e. The largest absolute Gasteiger partial charge is 0.457 e. The van der Waals surface area contributed by atoms with E-state index in [4.69, 9.17) is 15.6 Å². The maximum atomic E-state index is 13.2. The number of fused-ring (bicyclic) bond motifs is 1. The van der Waals surface area contributed by atoms with E-state index in [2.05, 4.69) is 16.0 Å². The molecule has 0 spiro atoms. The molecule has 0 unspecified atom stereocenters. The van der Waals surface area contributed by atoms with Crippen LogP contribution >= 0.6 is 0 Å². The second-order valence-electron chi connectivity index (χ2n) is 10.8. The van der Waals surface area contributed by atoms with Crippen molar-refractivity contribution in [1.29, 1.82) is 5.26 Å². The van der Waals surface area contributed by atoms with Crippen molar-refractivity contribution in [3.63, 3.8) is 0 Å². The number of nitrogens with zero attached hydrogens (tertiary/aromatic N) is 6. The summed E-state index contributed by atoms with van der Waals surface area (Å²) in [5, 5.41) is 15.3. The van der Waals surface area contributed by atoms with Crippen LogP contribution in [0, 0.1) is 16.7 Å². The number of benzene rings is 2. The number of aromatic nitrogens is 4. The molecule has 2 N–H and O–H groups in total. The van der Waals surface area contributed by atoms with Crippen molar-refractivity contribution in [2.24, 2.45) is 5.41 Å². The first-order valence-electron chi connectivity index (χ1n) is 13.0. The van der Waals surface area contributed by atoms with Crippen molar-refractivity contribution in [3.8, 4) is 28.8 Å². The van der Waals surface area contributed by atoms with Crippen molar-refractivity contribution in [2.45, 2.75) is 39.7 Å². The smallest absolute Gasteiger partial charge is 0.264 e. The molecule has 9 heteroatoms. The van der Waals surface area contributed by atoms with E-state index in [1.807, 2.05) is 80.1 Å². The summed E-state index contributed by atoms with van der Waals surface area (Å²) in [7, 11) is 0. The average molecular weight is 522 g/mol. The third kappa shape index (κ3) is 5.60. The Labute approximate surface area is 227 Å². The number of anilines is 1. The second kappa shape index (κ2) is 10.6. The number of likely N-dealkylation sites (tertiary alicyclic amines) is 1. The molecule has 0 saturated carbocycles. The number of nitrogens with two attached hydrogens (primary N) is 1. The van der Waals surface area contributed by atoms with Gasteiger partial charge in [-0.2, -0.15) is 10.4 Å². The summed E-state index contributed by atoms with van der Waals surface area (Å²) in [6.07, 6.45) is 4.77. The molecular formula is C30H31N7O2. The third-order valence-corrected chi connectivity index (χ3v) is 6.58. The van der Waals surface area contributed by atoms with Crippen LogP contribution in [0.1, 0.15) is 39.7 Å². The molecule has 1 atom stereocenters. The lowest BCUT2D eigenvalue weighted by molar-refractivity contribution is -0.128. The second-order valence-corrected chi connectivity index (χ2v) is 10.8. The Hall–Kier alpha value is -4.71. The molecule has 1 aliphatic heterocycles. The highest BCUT2D eigenvalue weighted by Crippen LogP contribution is 2.35. The average Bonchev–Trinajstić information content (AvgIpc) is 3.33. The van der Waals surface area contributed by atoms with Crippen LogP contribution in [0.15, 0.2) is 72.6 Å². The normalized spacial score (nSPS) is 16.2. The molecule has 4 aromatic rings. The predicted octanol–water partition coefficient (Wildman–Crippen LogP) is 5.53. The molecule has 2 aromatic heterocycles. The van der Waals surface area contributed by atoms with Crippen LogP contribution in [0.5, 0.6) is 11.5 Å². The van der Waals surface area contributed by atoms with Crippen LogP contribution in [0.3, 0.4) is 0 Å². The van der Waals surface area contributed by atoms with Crippen LogP contribution in [-0.4, -0.2) is 43.6 Å². The summed E-state index contributed by atoms with van der Waals surface area (Å²) in [5.74, 6) is 1.55. The van der Waals surface area contributed by atoms with Gasteiger partial charge in [0.25, 0.3) is 5.91 Å². The Morgan fingerprint density at radius 2 is 1.82 bits per heavy atom. The van der Waals surface area contributed by atoms with Crippen LogP contribution in [0.4, 0.5) is 5.82 Å². The third-order valence-electron chi connectivity index (χ3n) is 6.58. The highest BCUT2D eigenvalue weighted by atomic mass is 16.5. The van der Waals surface area contributed by atoms with Gasteiger partial charge < -0.3 is 15.4 Å². The molecule has 2 aromatic carbocycles. The van der Waals surface area contributed by atoms with Crippen molar-refractivity contribution in [1.82, 2.24) is 24.6 Å². The molecule has 3 heterocycles. The van der Waals surface area contributed by atoms with Gasteiger partial charge in [0.15, 0.2) is 5.65 Å². The Morgan fingerprint density at radius 3 is 2.51 bits per heavy atom. The first kappa shape index (κ1) is 25.9. The van der Waals surface area contributed by atoms with Gasteiger partial charge in [0, 0.05) is 18.7 Å². The van der Waals surface area contributed by atoms with Gasteiger partial charge in [0.05, 0.1) is 11.4 Å². The fraction of sp³-hybridized carbons (Fsp3) is 0.300. The van der Waals surface area contributed by atoms with Crippen molar-refractivity contribution >= 4 is 22.8 Å². The maximum Gasteiger partial charge on any atom is 0.264 e. The van der Waals surface area contributed by atoms with E-state index < -0.39 is 0 Å². The molecule has 5 rings (SSSR count). The van der Waals surface area contributed by atoms with E-state index in [9.17, 15) is 10.1 Å². The van der Waals surface area contributed by atoms with Gasteiger partial charge in [0.2, 0.25) is 0 Å². The minimum absolute atomic E-state index is 0.122. The zero-order chi connectivity index (χ0) is 27.6. The summed E-state index contributed by atoms with van der Waals surface area (Å²) in [4.78, 5) is 23.7. The van der Waals surface area contributed by atoms with Gasteiger partial charge >= 0.3 is 0 Å². The van der Waals surface area contributed by atoms with Gasteiger partial charge in [-0.3, -0.25) is 4.79 Å². The standard InChI is InChI=1S/C30H31N7O2/c1-30(2,3)16-21(17-31)29(38)36-15-7-8-22(18-36)37-28-25(27(32)33-19-34-28)26(35-37)20-11-13-24(14-12-20)39-23-9-5-4-6-10-23/h4-6,9-14,16,19,22H,7-8,15,18H2,1-3H3,(H2,32,33,34)/b21-16+/t22-/m1/s1. The number of carbonyl (C=O) groups excluding carboxylic acids is 1. The molecule has 0 aliphatic carbocycles. The number of hydrogen-bond acceptors (Lipinski definition) is 7. The van der Waals surface area contributed by atoms with E-state index in [-0.39, 0.29) is 22.9 Å². The Bertz CT molecular complexity index is 1560. The topological polar surface area (TPSA) is 123 Å². The predicted molar refractivity (Wildman–Crippen MR) is 150 cm³/mol. The lowest BCUT2D eigenvalue weighted by Gasteiger charge is -2.33. The maximum absolute atomic E-state index is 13.2. The zero-order valence-electron chi connectivity index (χ0n) is 22.3. The quantitative estimate of drug-likeness (QED) is 0.271. The fourth-order valence-electron chi connectivity index (χ4n) is 4.84. The van der Waals surface area contributed by atoms with Crippen molar-refractivity contribution in [3.05, 3.63) is 72.6 Å². The lowest BCUT2D eigenvalue weighted by Crippen LogP contribution is -2.41. The summed E-state index contributed by atoms with van der Waals surface area (Å²) in [5.41, 5.74) is 8.35. The Morgan fingerprint density at radius 1 is 1.10 bits per heavy atom. The van der Waals surface area contributed by atoms with E-state index in [1.165, 1.54) is 6.33 Å². The van der Waals surface area contributed by atoms with Crippen molar-refractivity contribution in [2.75, 3.05) is 18.8 Å². The number of amides is 1. The molecule has 198 valence electrons. The van der Waals surface area contributed by atoms with Crippen LogP contribution < -0.4 is 10.5 Å². The van der Waals surface area contributed by atoms with Gasteiger partial charge in [-0.15, -0.1) is 0 Å². The Balaban J connectivity index is 1.46. The number of hydrogen-bond donors (Lipinski definition) is 1. The van der Waals surface area contributed by atoms with Crippen molar-refractivity contribution < 1.29 is 9.53 Å². The summed E-state index contributed by atoms with van der Waals surface area (Å²) < 4.78 is 7.79. The van der Waals surface area contributed by atoms with E-state index in [1.54, 1.807) is 11.0 Å². The number of rotatable bonds is 5. The highest BCUT2D eigenvalue weighted by Gasteiger charge is 2.30. The van der Waals surface area contributed by atoms with Gasteiger partial charge in [-0.05, 0) is 54.7 Å². The molecule has 1 aliphatic rings. The number of carbonyl (C=O) groups is 1. The summed E-state index contributed by atoms with van der Waals surface area (Å²) >= 11 is 0. The molecule has 1 amide bonds. The molecular weight excluding hydrogens is 490 g/mol. The number of nitrogen functional groups attached to an aromatic ring is 1. The molecule has 0 bridgehead atoms. The highest BCUT2D eigenvalue weighted by molar-refractivity contribution is 5.99. The van der Waals surface area contributed by atoms with Gasteiger partial charge in [-0.1, -0.05) is 45.0 Å². The van der Waals surface area contributed by atoms with E-state index >= 15 is 0 Å². The van der Waals surface area contributed by atoms with Crippen LogP contribution in [0.25, 0.3) is 22.3 Å². The molecule has 9 nitrogen and oxygen atoms in total. The zero-order valence-corrected chi connectivity index (χ0v) is 22.3. The molecule has 39 heavy (non-hydrogen) atoms. The summed E-state index contributed by atoms with van der Waals surface area (Å²) in [6, 6.07) is 19.2. The van der Waals surface area contributed by atoms with Gasteiger partial charge in [0.1, 0.15) is 41.0 Å². The summed E-state index contributed by atoms with van der Waals surface area (Å²) in [6.45, 7) is 6.92. The number of piperidine rings is 1. The van der Waals surface area contributed by atoms with Crippen LogP contribution in [-0.2, 0) is 4.79 Å². The first-order valence-corrected chi connectivity index (χ1v) is 13.0. The lowest BCUT2D eigenvalue weighted by atomic mass is 9.93. The Kier molecular flexibility index (Phi) is 7.03. The molecule has 1 saturated heterocycles. The number of allylic oxidation sites excluding steroid dienone is 1. The first-order chi connectivity index (χ1) is 18.7.